The first kappa shape index (κ1) is 25.5. The van der Waals surface area contributed by atoms with Gasteiger partial charge in [0.1, 0.15) is 0 Å². The number of piperidine rings is 1. The molecule has 0 aromatic heterocycles. The van der Waals surface area contributed by atoms with Crippen molar-refractivity contribution in [2.45, 2.75) is 56.7 Å². The van der Waals surface area contributed by atoms with Crippen LogP contribution in [0.1, 0.15) is 60.5 Å². The maximum atomic E-state index is 13.8. The van der Waals surface area contributed by atoms with Crippen LogP contribution >= 0.6 is 11.6 Å². The lowest BCUT2D eigenvalue weighted by Crippen LogP contribution is -2.55. The Kier molecular flexibility index (Phi) is 6.86. The SMILES string of the molecule is COC(=O)C1=C(c2ccc(C(C)=O)cc2)C[C@@H]2CC[C@H]1N2C(=O)N1CCC(O)(c2ccc(Cl)cc2)CC1. The van der Waals surface area contributed by atoms with E-state index < -0.39 is 11.6 Å². The van der Waals surface area contributed by atoms with Crippen LogP contribution in [0.3, 0.4) is 0 Å². The summed E-state index contributed by atoms with van der Waals surface area (Å²) >= 11 is 6.00. The van der Waals surface area contributed by atoms with Crippen molar-refractivity contribution < 1.29 is 24.2 Å². The number of fused-ring (bicyclic) bond motifs is 2. The molecule has 37 heavy (non-hydrogen) atoms. The van der Waals surface area contributed by atoms with E-state index in [1.54, 1.807) is 29.2 Å². The lowest BCUT2D eigenvalue weighted by Gasteiger charge is -2.44. The summed E-state index contributed by atoms with van der Waals surface area (Å²) in [6.45, 7) is 2.37. The molecule has 7 nitrogen and oxygen atoms in total. The van der Waals surface area contributed by atoms with Crippen molar-refractivity contribution in [3.05, 3.63) is 75.8 Å². The predicted molar refractivity (Wildman–Crippen MR) is 140 cm³/mol. The average Bonchev–Trinajstić information content (AvgIpc) is 3.21. The van der Waals surface area contributed by atoms with Gasteiger partial charge in [-0.15, -0.1) is 0 Å². The zero-order valence-electron chi connectivity index (χ0n) is 21.1. The molecule has 3 aliphatic heterocycles. The fraction of sp³-hybridized carbons (Fsp3) is 0.414. The molecule has 0 aliphatic carbocycles. The molecule has 2 atom stereocenters. The van der Waals surface area contributed by atoms with Gasteiger partial charge in [-0.25, -0.2) is 9.59 Å². The smallest absolute Gasteiger partial charge is 0.336 e. The van der Waals surface area contributed by atoms with E-state index >= 15 is 0 Å². The minimum absolute atomic E-state index is 0.0151. The van der Waals surface area contributed by atoms with Gasteiger partial charge in [0.05, 0.1) is 24.3 Å². The number of carbonyl (C=O) groups is 3. The van der Waals surface area contributed by atoms with Crippen molar-refractivity contribution in [1.82, 2.24) is 9.80 Å². The van der Waals surface area contributed by atoms with E-state index in [0.717, 1.165) is 23.1 Å². The van der Waals surface area contributed by atoms with E-state index in [1.807, 2.05) is 29.2 Å². The maximum absolute atomic E-state index is 13.8. The van der Waals surface area contributed by atoms with Gasteiger partial charge in [0.15, 0.2) is 5.78 Å². The number of urea groups is 1. The number of carbonyl (C=O) groups excluding carboxylic acids is 3. The summed E-state index contributed by atoms with van der Waals surface area (Å²) in [6.07, 6.45) is 2.90. The van der Waals surface area contributed by atoms with Crippen LogP contribution in [0, 0.1) is 0 Å². The van der Waals surface area contributed by atoms with Crippen LogP contribution in [-0.2, 0) is 15.1 Å². The molecule has 5 rings (SSSR count). The molecule has 2 saturated heterocycles. The minimum Gasteiger partial charge on any atom is -0.466 e. The van der Waals surface area contributed by atoms with Crippen molar-refractivity contribution >= 4 is 35.0 Å². The van der Waals surface area contributed by atoms with Crippen molar-refractivity contribution in [1.29, 1.82) is 0 Å². The minimum atomic E-state index is -1.00. The van der Waals surface area contributed by atoms with Crippen LogP contribution in [-0.4, -0.2) is 65.0 Å². The summed E-state index contributed by atoms with van der Waals surface area (Å²) in [5.41, 5.74) is 2.70. The van der Waals surface area contributed by atoms with Crippen molar-refractivity contribution in [3.63, 3.8) is 0 Å². The fourth-order valence-corrected chi connectivity index (χ4v) is 6.16. The molecular formula is C29H31ClN2O5. The number of likely N-dealkylation sites (tertiary alicyclic amines) is 1. The van der Waals surface area contributed by atoms with Gasteiger partial charge < -0.3 is 19.6 Å². The first-order valence-corrected chi connectivity index (χ1v) is 13.1. The standard InChI is InChI=1S/C29H31ClN2O5/c1-18(33)19-3-5-20(6-4-19)24-17-23-11-12-25(26(24)27(34)37-2)32(23)28(35)31-15-13-29(36,14-16-31)21-7-9-22(30)10-8-21/h3-10,23,25,36H,11-17H2,1-2H3/t23-,25+/m0/s1. The molecule has 2 fully saturated rings. The van der Waals surface area contributed by atoms with Crippen LogP contribution in [0.4, 0.5) is 4.79 Å². The van der Waals surface area contributed by atoms with E-state index in [1.165, 1.54) is 14.0 Å². The summed E-state index contributed by atoms with van der Waals surface area (Å²) in [7, 11) is 1.36. The Morgan fingerprint density at radius 1 is 1.00 bits per heavy atom. The Morgan fingerprint density at radius 3 is 2.24 bits per heavy atom. The molecule has 3 aliphatic rings. The summed E-state index contributed by atoms with van der Waals surface area (Å²) < 4.78 is 5.17. The Morgan fingerprint density at radius 2 is 1.65 bits per heavy atom. The second-order valence-electron chi connectivity index (χ2n) is 10.2. The Bertz CT molecular complexity index is 1250. The second-order valence-corrected chi connectivity index (χ2v) is 10.6. The Labute approximate surface area is 221 Å². The van der Waals surface area contributed by atoms with E-state index in [2.05, 4.69) is 0 Å². The molecule has 0 saturated carbocycles. The first-order chi connectivity index (χ1) is 17.7. The number of amides is 2. The number of rotatable bonds is 4. The molecule has 2 bridgehead atoms. The van der Waals surface area contributed by atoms with Gasteiger partial charge in [-0.05, 0) is 67.9 Å². The van der Waals surface area contributed by atoms with E-state index in [0.29, 0.717) is 54.9 Å². The second kappa shape index (κ2) is 9.95. The number of esters is 1. The van der Waals surface area contributed by atoms with Gasteiger partial charge in [-0.1, -0.05) is 48.0 Å². The van der Waals surface area contributed by atoms with Gasteiger partial charge in [-0.3, -0.25) is 4.79 Å². The number of ketones is 1. The summed E-state index contributed by atoms with van der Waals surface area (Å²) in [5, 5.41) is 11.9. The molecular weight excluding hydrogens is 492 g/mol. The highest BCUT2D eigenvalue weighted by atomic mass is 35.5. The highest BCUT2D eigenvalue weighted by Crippen LogP contribution is 2.44. The highest BCUT2D eigenvalue weighted by Gasteiger charge is 2.48. The van der Waals surface area contributed by atoms with Gasteiger partial charge in [0.2, 0.25) is 0 Å². The monoisotopic (exact) mass is 522 g/mol. The average molecular weight is 523 g/mol. The van der Waals surface area contributed by atoms with Gasteiger partial charge >= 0.3 is 12.0 Å². The van der Waals surface area contributed by atoms with Gasteiger partial charge in [0, 0.05) is 29.7 Å². The van der Waals surface area contributed by atoms with E-state index in [4.69, 9.17) is 16.3 Å². The number of methoxy groups -OCH3 is 1. The number of hydrogen-bond donors (Lipinski definition) is 1. The lowest BCUT2D eigenvalue weighted by molar-refractivity contribution is -0.136. The highest BCUT2D eigenvalue weighted by molar-refractivity contribution is 6.30. The molecule has 0 spiro atoms. The number of aliphatic hydroxyl groups is 1. The summed E-state index contributed by atoms with van der Waals surface area (Å²) in [4.78, 5) is 42.1. The predicted octanol–water partition coefficient (Wildman–Crippen LogP) is 4.81. The zero-order valence-corrected chi connectivity index (χ0v) is 21.8. The van der Waals surface area contributed by atoms with Crippen molar-refractivity contribution in [2.24, 2.45) is 0 Å². The van der Waals surface area contributed by atoms with Crippen molar-refractivity contribution in [2.75, 3.05) is 20.2 Å². The van der Waals surface area contributed by atoms with Crippen LogP contribution < -0.4 is 0 Å². The molecule has 0 unspecified atom stereocenters. The van der Waals surface area contributed by atoms with Gasteiger partial charge in [0.25, 0.3) is 0 Å². The molecule has 0 radical (unpaired) electrons. The quantitative estimate of drug-likeness (QED) is 0.460. The zero-order chi connectivity index (χ0) is 26.3. The Hall–Kier alpha value is -3.16. The molecule has 8 heteroatoms. The van der Waals surface area contributed by atoms with E-state index in [9.17, 15) is 19.5 Å². The largest absolute Gasteiger partial charge is 0.466 e. The molecule has 1 N–H and O–H groups in total. The lowest BCUT2D eigenvalue weighted by atomic mass is 9.84. The fourth-order valence-electron chi connectivity index (χ4n) is 6.03. The molecule has 2 aromatic carbocycles. The third kappa shape index (κ3) is 4.66. The third-order valence-corrected chi connectivity index (χ3v) is 8.36. The van der Waals surface area contributed by atoms with E-state index in [-0.39, 0.29) is 23.9 Å². The van der Waals surface area contributed by atoms with Crippen LogP contribution in [0.15, 0.2) is 54.1 Å². The number of halogens is 1. The van der Waals surface area contributed by atoms with Crippen LogP contribution in [0.5, 0.6) is 0 Å². The topological polar surface area (TPSA) is 87.2 Å². The summed E-state index contributed by atoms with van der Waals surface area (Å²) in [6, 6.07) is 14.0. The van der Waals surface area contributed by atoms with Crippen LogP contribution in [0.2, 0.25) is 5.02 Å². The van der Waals surface area contributed by atoms with Crippen molar-refractivity contribution in [3.8, 4) is 0 Å². The number of nitrogens with zero attached hydrogens (tertiary/aromatic N) is 2. The third-order valence-electron chi connectivity index (χ3n) is 8.11. The normalized spacial score (nSPS) is 22.7. The molecule has 194 valence electrons. The number of ether oxygens (including phenoxy) is 1. The number of benzene rings is 2. The molecule has 2 amide bonds. The summed E-state index contributed by atoms with van der Waals surface area (Å²) in [5.74, 6) is -0.441. The first-order valence-electron chi connectivity index (χ1n) is 12.7. The number of Topliss-reactive ketones (excluding diaryl/α,β-unsaturated/α-hetero) is 1. The van der Waals surface area contributed by atoms with Crippen LogP contribution in [0.25, 0.3) is 5.57 Å². The molecule has 2 aromatic rings. The Balaban J connectivity index is 1.38. The maximum Gasteiger partial charge on any atom is 0.336 e. The number of hydrogen-bond acceptors (Lipinski definition) is 5. The van der Waals surface area contributed by atoms with Gasteiger partial charge in [-0.2, -0.15) is 0 Å². The molecule has 3 heterocycles.